The van der Waals surface area contributed by atoms with Crippen LogP contribution in [0.15, 0.2) is 78.9 Å². The summed E-state index contributed by atoms with van der Waals surface area (Å²) in [6.07, 6.45) is 0.659. The Hall–Kier alpha value is -4.00. The van der Waals surface area contributed by atoms with Gasteiger partial charge in [0.15, 0.2) is 0 Å². The van der Waals surface area contributed by atoms with Crippen molar-refractivity contribution in [3.8, 4) is 11.5 Å². The molecule has 3 aromatic rings. The van der Waals surface area contributed by atoms with E-state index >= 15 is 0 Å². The summed E-state index contributed by atoms with van der Waals surface area (Å²) < 4.78 is 10.4. The van der Waals surface area contributed by atoms with Crippen LogP contribution in [-0.2, 0) is 4.79 Å². The minimum absolute atomic E-state index is 0.0534. The molecule has 0 spiro atoms. The van der Waals surface area contributed by atoms with Gasteiger partial charge in [0, 0.05) is 36.4 Å². The number of benzene rings is 3. The van der Waals surface area contributed by atoms with E-state index in [0.29, 0.717) is 36.6 Å². The van der Waals surface area contributed by atoms with Gasteiger partial charge in [-0.3, -0.25) is 4.79 Å². The third-order valence-corrected chi connectivity index (χ3v) is 6.06. The molecule has 1 aliphatic rings. The average molecular weight is 460 g/mol. The molecule has 1 fully saturated rings. The predicted molar refractivity (Wildman–Crippen MR) is 132 cm³/mol. The smallest absolute Gasteiger partial charge is 0.321 e. The number of hydrogen-bond donors (Lipinski definition) is 2. The molecule has 3 aromatic carbocycles. The molecule has 0 bridgehead atoms. The maximum atomic E-state index is 13.2. The lowest BCUT2D eigenvalue weighted by Crippen LogP contribution is -2.48. The molecule has 7 nitrogen and oxygen atoms in total. The summed E-state index contributed by atoms with van der Waals surface area (Å²) in [5.41, 5.74) is 2.45. The van der Waals surface area contributed by atoms with Gasteiger partial charge in [0.2, 0.25) is 5.91 Å². The lowest BCUT2D eigenvalue weighted by Gasteiger charge is -2.37. The Bertz CT molecular complexity index is 1120. The number of methoxy groups -OCH3 is 2. The number of amides is 3. The number of rotatable bonds is 6. The number of carbonyl (C=O) groups excluding carboxylic acids is 2. The minimum Gasteiger partial charge on any atom is -0.497 e. The second-order valence-electron chi connectivity index (χ2n) is 8.33. The molecule has 0 unspecified atom stereocenters. The first-order valence-corrected chi connectivity index (χ1v) is 11.3. The average Bonchev–Trinajstić information content (AvgIpc) is 2.89. The number of hydrogen-bond acceptors (Lipinski definition) is 4. The fourth-order valence-corrected chi connectivity index (χ4v) is 4.24. The first kappa shape index (κ1) is 23.2. The van der Waals surface area contributed by atoms with Gasteiger partial charge in [-0.2, -0.15) is 0 Å². The van der Waals surface area contributed by atoms with Crippen molar-refractivity contribution in [2.75, 3.05) is 37.9 Å². The molecule has 0 aromatic heterocycles. The van der Waals surface area contributed by atoms with Crippen molar-refractivity contribution in [1.29, 1.82) is 0 Å². The van der Waals surface area contributed by atoms with E-state index in [2.05, 4.69) is 10.6 Å². The van der Waals surface area contributed by atoms with E-state index in [1.807, 2.05) is 48.5 Å². The molecule has 176 valence electrons. The molecule has 0 saturated carbocycles. The Morgan fingerprint density at radius 3 is 2.24 bits per heavy atom. The van der Waals surface area contributed by atoms with Crippen molar-refractivity contribution in [2.45, 2.75) is 12.3 Å². The van der Waals surface area contributed by atoms with E-state index in [0.717, 1.165) is 11.3 Å². The number of ether oxygens (including phenoxy) is 2. The normalized spacial score (nSPS) is 17.5. The highest BCUT2D eigenvalue weighted by atomic mass is 16.5. The molecule has 7 heteroatoms. The summed E-state index contributed by atoms with van der Waals surface area (Å²) in [6, 6.07) is 24.2. The third kappa shape index (κ3) is 5.67. The Morgan fingerprint density at radius 2 is 1.53 bits per heavy atom. The molecule has 1 saturated heterocycles. The quantitative estimate of drug-likeness (QED) is 0.545. The summed E-state index contributed by atoms with van der Waals surface area (Å²) in [7, 11) is 3.19. The van der Waals surface area contributed by atoms with Crippen LogP contribution in [0.2, 0.25) is 0 Å². The fourth-order valence-electron chi connectivity index (χ4n) is 4.24. The monoisotopic (exact) mass is 459 g/mol. The highest BCUT2D eigenvalue weighted by molar-refractivity contribution is 5.94. The van der Waals surface area contributed by atoms with Gasteiger partial charge in [0.25, 0.3) is 0 Å². The predicted octanol–water partition coefficient (Wildman–Crippen LogP) is 4.98. The van der Waals surface area contributed by atoms with Gasteiger partial charge < -0.3 is 25.0 Å². The van der Waals surface area contributed by atoms with Gasteiger partial charge in [-0.05, 0) is 48.4 Å². The van der Waals surface area contributed by atoms with Gasteiger partial charge in [-0.1, -0.05) is 36.4 Å². The zero-order valence-electron chi connectivity index (χ0n) is 19.4. The van der Waals surface area contributed by atoms with Crippen molar-refractivity contribution in [3.63, 3.8) is 0 Å². The van der Waals surface area contributed by atoms with Crippen LogP contribution in [0.25, 0.3) is 0 Å². The molecular weight excluding hydrogens is 430 g/mol. The number of carbonyl (C=O) groups is 2. The summed E-state index contributed by atoms with van der Waals surface area (Å²) in [4.78, 5) is 28.1. The second-order valence-corrected chi connectivity index (χ2v) is 8.33. The standard InChI is InChI=1S/C27H29N3O4/c1-33-24-13-11-22(12-14-24)29-27(32)30-17-20(19-7-4-3-5-8-19)15-21(18-30)26(31)28-23-9-6-10-25(16-23)34-2/h3-14,16,20-21H,15,17-18H2,1-2H3,(H,28,31)(H,29,32)/t20-,21+/m1/s1. The number of piperidine rings is 1. The Kier molecular flexibility index (Phi) is 7.32. The van der Waals surface area contributed by atoms with Gasteiger partial charge in [-0.25, -0.2) is 4.79 Å². The van der Waals surface area contributed by atoms with Crippen LogP contribution in [0.1, 0.15) is 17.9 Å². The number of anilines is 2. The second kappa shape index (κ2) is 10.7. The van der Waals surface area contributed by atoms with Crippen molar-refractivity contribution in [2.24, 2.45) is 5.92 Å². The largest absolute Gasteiger partial charge is 0.497 e. The van der Waals surface area contributed by atoms with E-state index in [9.17, 15) is 9.59 Å². The zero-order chi connectivity index (χ0) is 23.9. The van der Waals surface area contributed by atoms with Gasteiger partial charge >= 0.3 is 6.03 Å². The SMILES string of the molecule is COc1ccc(NC(=O)N2C[C@@H](C(=O)Nc3cccc(OC)c3)C[C@@H](c3ccccc3)C2)cc1. The number of nitrogens with one attached hydrogen (secondary N) is 2. The van der Waals surface area contributed by atoms with Crippen molar-refractivity contribution >= 4 is 23.3 Å². The maximum absolute atomic E-state index is 13.2. The number of urea groups is 1. The zero-order valence-corrected chi connectivity index (χ0v) is 19.4. The number of nitrogens with zero attached hydrogens (tertiary/aromatic N) is 1. The van der Waals surface area contributed by atoms with Crippen molar-refractivity contribution < 1.29 is 19.1 Å². The molecule has 3 amide bonds. The highest BCUT2D eigenvalue weighted by Crippen LogP contribution is 2.32. The van der Waals surface area contributed by atoms with Gasteiger partial charge in [0.1, 0.15) is 11.5 Å². The molecule has 4 rings (SSSR count). The molecule has 1 heterocycles. The van der Waals surface area contributed by atoms with Crippen LogP contribution in [0.5, 0.6) is 11.5 Å². The third-order valence-electron chi connectivity index (χ3n) is 6.06. The molecule has 2 N–H and O–H groups in total. The van der Waals surface area contributed by atoms with E-state index in [1.165, 1.54) is 0 Å². The molecular formula is C27H29N3O4. The van der Waals surface area contributed by atoms with Crippen LogP contribution >= 0.6 is 0 Å². The highest BCUT2D eigenvalue weighted by Gasteiger charge is 2.34. The van der Waals surface area contributed by atoms with Crippen LogP contribution in [0.3, 0.4) is 0 Å². The van der Waals surface area contributed by atoms with Crippen LogP contribution in [0, 0.1) is 5.92 Å². The maximum Gasteiger partial charge on any atom is 0.321 e. The summed E-state index contributed by atoms with van der Waals surface area (Å²) in [5.74, 6) is 0.971. The Morgan fingerprint density at radius 1 is 0.794 bits per heavy atom. The summed E-state index contributed by atoms with van der Waals surface area (Å²) >= 11 is 0. The summed E-state index contributed by atoms with van der Waals surface area (Å²) in [6.45, 7) is 0.871. The topological polar surface area (TPSA) is 79.9 Å². The summed E-state index contributed by atoms with van der Waals surface area (Å²) in [5, 5.41) is 5.93. The molecule has 1 aliphatic heterocycles. The lowest BCUT2D eigenvalue weighted by molar-refractivity contribution is -0.121. The lowest BCUT2D eigenvalue weighted by atomic mass is 9.84. The van der Waals surface area contributed by atoms with Crippen LogP contribution < -0.4 is 20.1 Å². The van der Waals surface area contributed by atoms with Crippen LogP contribution in [0.4, 0.5) is 16.2 Å². The molecule has 0 aliphatic carbocycles. The Labute approximate surface area is 199 Å². The van der Waals surface area contributed by atoms with E-state index in [-0.39, 0.29) is 23.8 Å². The first-order chi connectivity index (χ1) is 16.6. The number of likely N-dealkylation sites (tertiary alicyclic amines) is 1. The van der Waals surface area contributed by atoms with Crippen LogP contribution in [-0.4, -0.2) is 44.1 Å². The van der Waals surface area contributed by atoms with E-state index in [1.54, 1.807) is 49.5 Å². The van der Waals surface area contributed by atoms with E-state index < -0.39 is 0 Å². The van der Waals surface area contributed by atoms with Crippen molar-refractivity contribution in [3.05, 3.63) is 84.4 Å². The Balaban J connectivity index is 1.51. The first-order valence-electron chi connectivity index (χ1n) is 11.3. The molecule has 0 radical (unpaired) electrons. The van der Waals surface area contributed by atoms with Gasteiger partial charge in [0.05, 0.1) is 20.1 Å². The van der Waals surface area contributed by atoms with Gasteiger partial charge in [-0.15, -0.1) is 0 Å². The van der Waals surface area contributed by atoms with Crippen molar-refractivity contribution in [1.82, 2.24) is 4.90 Å². The van der Waals surface area contributed by atoms with E-state index in [4.69, 9.17) is 9.47 Å². The fraction of sp³-hybridized carbons (Fsp3) is 0.259. The molecule has 34 heavy (non-hydrogen) atoms. The molecule has 2 atom stereocenters. The minimum atomic E-state index is -0.355.